The molecule has 0 amide bonds. The number of aromatic amines is 2. The van der Waals surface area contributed by atoms with E-state index in [1.54, 1.807) is 18.3 Å². The molecule has 3 N–H and O–H groups in total. The number of aryl methyl sites for hydroxylation is 1. The summed E-state index contributed by atoms with van der Waals surface area (Å²) in [6.07, 6.45) is 5.20. The number of nitrogens with zero attached hydrogens (tertiary/aromatic N) is 2. The maximum atomic E-state index is 12.7. The number of benzene rings is 1. The highest BCUT2D eigenvalue weighted by molar-refractivity contribution is 5.94. The zero-order valence-electron chi connectivity index (χ0n) is 20.2. The molecule has 0 saturated carbocycles. The highest BCUT2D eigenvalue weighted by Crippen LogP contribution is 2.33. The molecule has 0 radical (unpaired) electrons. The Hall–Kier alpha value is -3.71. The standard InChI is InChI=1S/C28H31N5O2/c1-3-13-33-14-10-19(11-15-33)22-8-7-21(16-18(22)2)30-27-26-20(9-12-29-28(26)35)17-24(32-27)23-5-4-6-25(34)31-23/h4-9,12,16-17,19H,3,10-11,13-15H2,1-2H3,(H,29,35)(H,30,32)(H,31,34). The van der Waals surface area contributed by atoms with Crippen LogP contribution in [0.4, 0.5) is 11.5 Å². The summed E-state index contributed by atoms with van der Waals surface area (Å²) in [5.74, 6) is 1.04. The zero-order chi connectivity index (χ0) is 24.4. The molecule has 180 valence electrons. The predicted octanol–water partition coefficient (Wildman–Crippen LogP) is 4.92. The van der Waals surface area contributed by atoms with Gasteiger partial charge in [0.1, 0.15) is 5.82 Å². The van der Waals surface area contributed by atoms with Crippen molar-refractivity contribution in [1.82, 2.24) is 19.9 Å². The highest BCUT2D eigenvalue weighted by atomic mass is 16.1. The van der Waals surface area contributed by atoms with Crippen LogP contribution in [0.3, 0.4) is 0 Å². The molecular formula is C28H31N5O2. The minimum Gasteiger partial charge on any atom is -0.340 e. The lowest BCUT2D eigenvalue weighted by Gasteiger charge is -2.32. The molecule has 5 rings (SSSR count). The van der Waals surface area contributed by atoms with Gasteiger partial charge in [-0.15, -0.1) is 0 Å². The quantitative estimate of drug-likeness (QED) is 0.373. The van der Waals surface area contributed by atoms with E-state index in [-0.39, 0.29) is 11.1 Å². The van der Waals surface area contributed by atoms with Crippen molar-refractivity contribution in [2.75, 3.05) is 25.0 Å². The summed E-state index contributed by atoms with van der Waals surface area (Å²) in [7, 11) is 0. The first-order chi connectivity index (χ1) is 17.0. The molecule has 0 aliphatic carbocycles. The van der Waals surface area contributed by atoms with Crippen LogP contribution in [0.25, 0.3) is 22.2 Å². The van der Waals surface area contributed by atoms with Crippen LogP contribution in [-0.4, -0.2) is 39.5 Å². The molecule has 7 nitrogen and oxygen atoms in total. The van der Waals surface area contributed by atoms with E-state index in [9.17, 15) is 9.59 Å². The lowest BCUT2D eigenvalue weighted by Crippen LogP contribution is -2.33. The van der Waals surface area contributed by atoms with Crippen LogP contribution < -0.4 is 16.4 Å². The molecule has 1 aliphatic rings. The molecule has 3 aromatic heterocycles. The van der Waals surface area contributed by atoms with Crippen LogP contribution in [0.1, 0.15) is 43.2 Å². The molecule has 35 heavy (non-hydrogen) atoms. The fraction of sp³-hybridized carbons (Fsp3) is 0.321. The fourth-order valence-electron chi connectivity index (χ4n) is 5.17. The molecule has 7 heteroatoms. The lowest BCUT2D eigenvalue weighted by atomic mass is 9.86. The van der Waals surface area contributed by atoms with Crippen LogP contribution in [-0.2, 0) is 0 Å². The number of hydrogen-bond donors (Lipinski definition) is 3. The number of likely N-dealkylation sites (tertiary alicyclic amines) is 1. The van der Waals surface area contributed by atoms with Gasteiger partial charge in [-0.25, -0.2) is 4.98 Å². The lowest BCUT2D eigenvalue weighted by molar-refractivity contribution is 0.212. The first kappa shape index (κ1) is 23.1. The van der Waals surface area contributed by atoms with E-state index < -0.39 is 0 Å². The van der Waals surface area contributed by atoms with E-state index in [4.69, 9.17) is 4.98 Å². The van der Waals surface area contributed by atoms with Gasteiger partial charge in [-0.2, -0.15) is 0 Å². The van der Waals surface area contributed by atoms with E-state index in [2.05, 4.69) is 52.2 Å². The molecule has 4 aromatic rings. The Morgan fingerprint density at radius 3 is 2.66 bits per heavy atom. The minimum atomic E-state index is -0.210. The molecule has 0 spiro atoms. The molecule has 0 unspecified atom stereocenters. The van der Waals surface area contributed by atoms with Crippen LogP contribution in [0.2, 0.25) is 0 Å². The van der Waals surface area contributed by atoms with Crippen molar-refractivity contribution in [3.8, 4) is 11.4 Å². The van der Waals surface area contributed by atoms with Gasteiger partial charge in [-0.3, -0.25) is 9.59 Å². The van der Waals surface area contributed by atoms with Crippen molar-refractivity contribution in [3.63, 3.8) is 0 Å². The molecule has 4 heterocycles. The third-order valence-corrected chi connectivity index (χ3v) is 6.90. The first-order valence-corrected chi connectivity index (χ1v) is 12.3. The zero-order valence-corrected chi connectivity index (χ0v) is 20.2. The number of fused-ring (bicyclic) bond motifs is 1. The van der Waals surface area contributed by atoms with Crippen molar-refractivity contribution in [2.24, 2.45) is 0 Å². The monoisotopic (exact) mass is 469 g/mol. The number of hydrogen-bond acceptors (Lipinski definition) is 5. The van der Waals surface area contributed by atoms with Gasteiger partial charge in [0.05, 0.1) is 16.8 Å². The van der Waals surface area contributed by atoms with Gasteiger partial charge < -0.3 is 20.2 Å². The Balaban J connectivity index is 1.47. The number of aromatic nitrogens is 3. The molecule has 0 bridgehead atoms. The van der Waals surface area contributed by atoms with Crippen LogP contribution >= 0.6 is 0 Å². The van der Waals surface area contributed by atoms with Gasteiger partial charge in [0.25, 0.3) is 5.56 Å². The van der Waals surface area contributed by atoms with Crippen molar-refractivity contribution in [3.05, 3.63) is 86.6 Å². The number of H-pyrrole nitrogens is 2. The summed E-state index contributed by atoms with van der Waals surface area (Å²) in [4.78, 5) is 37.4. The van der Waals surface area contributed by atoms with Crippen LogP contribution in [0.5, 0.6) is 0 Å². The molecule has 1 aromatic carbocycles. The second-order valence-corrected chi connectivity index (χ2v) is 9.37. The van der Waals surface area contributed by atoms with Gasteiger partial charge in [-0.1, -0.05) is 19.1 Å². The van der Waals surface area contributed by atoms with Gasteiger partial charge in [-0.05, 0) is 98.6 Å². The Morgan fingerprint density at radius 2 is 1.91 bits per heavy atom. The van der Waals surface area contributed by atoms with Crippen LogP contribution in [0, 0.1) is 6.92 Å². The van der Waals surface area contributed by atoms with E-state index in [0.29, 0.717) is 28.5 Å². The summed E-state index contributed by atoms with van der Waals surface area (Å²) >= 11 is 0. The van der Waals surface area contributed by atoms with Crippen molar-refractivity contribution in [1.29, 1.82) is 0 Å². The molecular weight excluding hydrogens is 438 g/mol. The van der Waals surface area contributed by atoms with Crippen molar-refractivity contribution < 1.29 is 0 Å². The highest BCUT2D eigenvalue weighted by Gasteiger charge is 2.21. The number of pyridine rings is 3. The number of nitrogens with one attached hydrogen (secondary N) is 3. The SMILES string of the molecule is CCCN1CCC(c2ccc(Nc3nc(-c4cccc(=O)[nH]4)cc4cc[nH]c(=O)c34)cc2C)CC1. The van der Waals surface area contributed by atoms with Crippen molar-refractivity contribution in [2.45, 2.75) is 39.0 Å². The third kappa shape index (κ3) is 4.91. The summed E-state index contributed by atoms with van der Waals surface area (Å²) in [5, 5.41) is 4.61. The van der Waals surface area contributed by atoms with E-state index in [1.807, 2.05) is 12.1 Å². The van der Waals surface area contributed by atoms with Crippen molar-refractivity contribution >= 4 is 22.3 Å². The second-order valence-electron chi connectivity index (χ2n) is 9.37. The first-order valence-electron chi connectivity index (χ1n) is 12.3. The Labute approximate surface area is 204 Å². The average Bonchev–Trinajstić information content (AvgIpc) is 2.85. The van der Waals surface area contributed by atoms with E-state index in [0.717, 1.165) is 24.2 Å². The fourth-order valence-corrected chi connectivity index (χ4v) is 5.17. The topological polar surface area (TPSA) is 93.9 Å². The van der Waals surface area contributed by atoms with Gasteiger partial charge in [0, 0.05) is 18.0 Å². The third-order valence-electron chi connectivity index (χ3n) is 6.90. The number of rotatable bonds is 6. The summed E-state index contributed by atoms with van der Waals surface area (Å²) in [6.45, 7) is 7.89. The summed E-state index contributed by atoms with van der Waals surface area (Å²) in [5.41, 5.74) is 4.31. The number of piperidine rings is 1. The maximum Gasteiger partial charge on any atom is 0.259 e. The van der Waals surface area contributed by atoms with Gasteiger partial charge in [0.2, 0.25) is 5.56 Å². The number of anilines is 2. The van der Waals surface area contributed by atoms with Gasteiger partial charge >= 0.3 is 0 Å². The maximum absolute atomic E-state index is 12.7. The van der Waals surface area contributed by atoms with Gasteiger partial charge in [0.15, 0.2) is 0 Å². The Kier molecular flexibility index (Phi) is 6.51. The van der Waals surface area contributed by atoms with E-state index in [1.165, 1.54) is 43.0 Å². The Bertz CT molecular complexity index is 1460. The molecule has 0 atom stereocenters. The second kappa shape index (κ2) is 9.88. The smallest absolute Gasteiger partial charge is 0.259 e. The summed E-state index contributed by atoms with van der Waals surface area (Å²) in [6, 6.07) is 15.0. The normalized spacial score (nSPS) is 14.9. The molecule has 1 fully saturated rings. The van der Waals surface area contributed by atoms with Crippen LogP contribution in [0.15, 0.2) is 64.3 Å². The van der Waals surface area contributed by atoms with E-state index >= 15 is 0 Å². The summed E-state index contributed by atoms with van der Waals surface area (Å²) < 4.78 is 0. The molecule has 1 aliphatic heterocycles. The predicted molar refractivity (Wildman–Crippen MR) is 142 cm³/mol. The largest absolute Gasteiger partial charge is 0.340 e. The average molecular weight is 470 g/mol. The molecule has 1 saturated heterocycles. The Morgan fingerprint density at radius 1 is 1.09 bits per heavy atom. The minimum absolute atomic E-state index is 0.198.